The van der Waals surface area contributed by atoms with E-state index in [0.717, 1.165) is 0 Å². The Labute approximate surface area is 193 Å². The fourth-order valence-corrected chi connectivity index (χ4v) is 4.53. The summed E-state index contributed by atoms with van der Waals surface area (Å²) < 4.78 is 21.0. The number of hydrogen-bond donors (Lipinski definition) is 1. The van der Waals surface area contributed by atoms with Gasteiger partial charge >= 0.3 is 11.9 Å². The van der Waals surface area contributed by atoms with Crippen LogP contribution in [0.1, 0.15) is 38.7 Å². The van der Waals surface area contributed by atoms with Crippen LogP contribution in [-0.2, 0) is 28.6 Å². The highest BCUT2D eigenvalue weighted by Crippen LogP contribution is 2.45. The molecule has 3 rings (SSSR count). The van der Waals surface area contributed by atoms with Crippen molar-refractivity contribution in [1.82, 2.24) is 5.32 Å². The summed E-state index contributed by atoms with van der Waals surface area (Å²) in [5.41, 5.74) is 2.75. The molecular formula is C25H31NO7. The van der Waals surface area contributed by atoms with E-state index in [1.165, 1.54) is 14.2 Å². The van der Waals surface area contributed by atoms with Crippen molar-refractivity contribution in [1.29, 1.82) is 0 Å². The van der Waals surface area contributed by atoms with Gasteiger partial charge in [0.1, 0.15) is 18.3 Å². The number of rotatable bonds is 8. The monoisotopic (exact) mass is 457 g/mol. The molecule has 0 radical (unpaired) electrons. The molecule has 0 saturated carbocycles. The van der Waals surface area contributed by atoms with Gasteiger partial charge in [0.15, 0.2) is 5.78 Å². The normalized spacial score (nSPS) is 22.5. The van der Waals surface area contributed by atoms with E-state index in [4.69, 9.17) is 18.9 Å². The molecule has 0 bridgehead atoms. The lowest BCUT2D eigenvalue weighted by Crippen LogP contribution is -2.43. The van der Waals surface area contributed by atoms with Crippen LogP contribution >= 0.6 is 0 Å². The molecule has 0 saturated heterocycles. The second-order valence-electron chi connectivity index (χ2n) is 8.17. The van der Waals surface area contributed by atoms with E-state index in [9.17, 15) is 14.4 Å². The first-order chi connectivity index (χ1) is 15.8. The molecule has 1 aliphatic heterocycles. The summed E-state index contributed by atoms with van der Waals surface area (Å²) in [5.74, 6) is -2.71. The number of nitrogens with one attached hydrogen (secondary N) is 1. The zero-order valence-electron chi connectivity index (χ0n) is 19.7. The Morgan fingerprint density at radius 3 is 2.61 bits per heavy atom. The Bertz CT molecular complexity index is 994. The lowest BCUT2D eigenvalue weighted by molar-refractivity contribution is -0.151. The van der Waals surface area contributed by atoms with Crippen LogP contribution in [0.2, 0.25) is 0 Å². The van der Waals surface area contributed by atoms with Crippen LogP contribution in [0.5, 0.6) is 5.75 Å². The molecule has 0 fully saturated rings. The molecular weight excluding hydrogens is 426 g/mol. The minimum Gasteiger partial charge on any atom is -0.494 e. The molecule has 1 heterocycles. The fourth-order valence-electron chi connectivity index (χ4n) is 4.53. The van der Waals surface area contributed by atoms with Crippen LogP contribution in [-0.4, -0.2) is 51.8 Å². The van der Waals surface area contributed by atoms with Crippen LogP contribution in [0, 0.1) is 11.8 Å². The predicted octanol–water partition coefficient (Wildman–Crippen LogP) is 2.89. The number of ketones is 1. The number of dihydropyridines is 1. The van der Waals surface area contributed by atoms with Gasteiger partial charge in [-0.2, -0.15) is 0 Å². The zero-order valence-corrected chi connectivity index (χ0v) is 19.7. The van der Waals surface area contributed by atoms with Crippen LogP contribution in [0.3, 0.4) is 0 Å². The van der Waals surface area contributed by atoms with Crippen LogP contribution in [0.4, 0.5) is 0 Å². The van der Waals surface area contributed by atoms with Crippen molar-refractivity contribution in [3.8, 4) is 5.75 Å². The van der Waals surface area contributed by atoms with Crippen molar-refractivity contribution in [3.63, 3.8) is 0 Å². The molecule has 3 unspecified atom stereocenters. The maximum absolute atomic E-state index is 13.7. The Morgan fingerprint density at radius 2 is 1.94 bits per heavy atom. The minimum atomic E-state index is -0.933. The van der Waals surface area contributed by atoms with Gasteiger partial charge in [-0.3, -0.25) is 9.59 Å². The number of benzene rings is 1. The number of carbonyl (C=O) groups excluding carboxylic acids is 3. The third-order valence-corrected chi connectivity index (χ3v) is 5.99. The molecule has 1 aromatic rings. The van der Waals surface area contributed by atoms with Crippen LogP contribution in [0.15, 0.2) is 46.8 Å². The van der Waals surface area contributed by atoms with Gasteiger partial charge in [0.05, 0.1) is 25.9 Å². The van der Waals surface area contributed by atoms with Crippen molar-refractivity contribution in [2.75, 3.05) is 34.0 Å². The van der Waals surface area contributed by atoms with Gasteiger partial charge in [0.2, 0.25) is 0 Å². The van der Waals surface area contributed by atoms with E-state index >= 15 is 0 Å². The SMILES string of the molecule is CCOc1cccc(C2C(C(=O)OCCOC)=C(C)NC3=C2C(=O)C(C(=O)OC)C(C)C3)c1. The highest BCUT2D eigenvalue weighted by atomic mass is 16.6. The van der Waals surface area contributed by atoms with Gasteiger partial charge in [-0.1, -0.05) is 19.1 Å². The number of ether oxygens (including phenoxy) is 4. The summed E-state index contributed by atoms with van der Waals surface area (Å²) in [7, 11) is 2.80. The first-order valence-corrected chi connectivity index (χ1v) is 11.1. The highest BCUT2D eigenvalue weighted by Gasteiger charge is 2.47. The number of carbonyl (C=O) groups is 3. The molecule has 2 aliphatic rings. The van der Waals surface area contributed by atoms with E-state index in [0.29, 0.717) is 46.9 Å². The molecule has 0 aromatic heterocycles. The summed E-state index contributed by atoms with van der Waals surface area (Å²) in [5, 5.41) is 3.24. The summed E-state index contributed by atoms with van der Waals surface area (Å²) in [6, 6.07) is 7.30. The molecule has 8 heteroatoms. The van der Waals surface area contributed by atoms with Gasteiger partial charge in [-0.15, -0.1) is 0 Å². The summed E-state index contributed by atoms with van der Waals surface area (Å²) in [4.78, 5) is 39.3. The lowest BCUT2D eigenvalue weighted by Gasteiger charge is -2.38. The Morgan fingerprint density at radius 1 is 1.18 bits per heavy atom. The Hall–Kier alpha value is -3.13. The maximum Gasteiger partial charge on any atom is 0.336 e. The van der Waals surface area contributed by atoms with Crippen molar-refractivity contribution < 1.29 is 33.3 Å². The quantitative estimate of drug-likeness (QED) is 0.361. The van der Waals surface area contributed by atoms with Crippen LogP contribution < -0.4 is 10.1 Å². The highest BCUT2D eigenvalue weighted by molar-refractivity contribution is 6.12. The van der Waals surface area contributed by atoms with E-state index in [-0.39, 0.29) is 24.9 Å². The van der Waals surface area contributed by atoms with Crippen LogP contribution in [0.25, 0.3) is 0 Å². The smallest absolute Gasteiger partial charge is 0.336 e. The topological polar surface area (TPSA) is 100 Å². The molecule has 0 spiro atoms. The second-order valence-corrected chi connectivity index (χ2v) is 8.17. The fraction of sp³-hybridized carbons (Fsp3) is 0.480. The third kappa shape index (κ3) is 4.95. The maximum atomic E-state index is 13.7. The first-order valence-electron chi connectivity index (χ1n) is 11.1. The molecule has 1 aromatic carbocycles. The Balaban J connectivity index is 2.13. The van der Waals surface area contributed by atoms with Gasteiger partial charge in [-0.05, 0) is 43.9 Å². The average molecular weight is 458 g/mol. The van der Waals surface area contributed by atoms with Crippen molar-refractivity contribution >= 4 is 17.7 Å². The number of methoxy groups -OCH3 is 2. The predicted molar refractivity (Wildman–Crippen MR) is 120 cm³/mol. The molecule has 1 aliphatic carbocycles. The largest absolute Gasteiger partial charge is 0.494 e. The molecule has 3 atom stereocenters. The third-order valence-electron chi connectivity index (χ3n) is 5.99. The summed E-state index contributed by atoms with van der Waals surface area (Å²) in [6.07, 6.45) is 0.478. The minimum absolute atomic E-state index is 0.0828. The van der Waals surface area contributed by atoms with Gasteiger partial charge < -0.3 is 24.3 Å². The zero-order chi connectivity index (χ0) is 24.1. The number of esters is 2. The number of hydrogen-bond acceptors (Lipinski definition) is 8. The average Bonchev–Trinajstić information content (AvgIpc) is 2.78. The number of allylic oxidation sites excluding steroid dienone is 3. The molecule has 8 nitrogen and oxygen atoms in total. The summed E-state index contributed by atoms with van der Waals surface area (Å²) >= 11 is 0. The first kappa shape index (κ1) is 24.5. The molecule has 33 heavy (non-hydrogen) atoms. The van der Waals surface area contributed by atoms with Gasteiger partial charge in [0, 0.05) is 30.0 Å². The van der Waals surface area contributed by atoms with Crippen molar-refractivity contribution in [2.24, 2.45) is 11.8 Å². The molecule has 178 valence electrons. The standard InChI is InChI=1S/C25H31NO7/c1-6-32-17-9-7-8-16(13-17)21-20(25(29)33-11-10-30-4)15(3)26-18-12-14(2)19(24(28)31-5)23(27)22(18)21/h7-9,13-14,19,21,26H,6,10-12H2,1-5H3. The molecule has 0 amide bonds. The van der Waals surface area contributed by atoms with Crippen molar-refractivity contribution in [2.45, 2.75) is 33.1 Å². The Kier molecular flexibility index (Phi) is 7.92. The second kappa shape index (κ2) is 10.7. The lowest BCUT2D eigenvalue weighted by atomic mass is 9.69. The summed E-state index contributed by atoms with van der Waals surface area (Å²) in [6.45, 7) is 6.34. The van der Waals surface area contributed by atoms with E-state index < -0.39 is 23.8 Å². The van der Waals surface area contributed by atoms with E-state index in [2.05, 4.69) is 5.32 Å². The van der Waals surface area contributed by atoms with Crippen molar-refractivity contribution in [3.05, 3.63) is 52.4 Å². The molecule has 1 N–H and O–H groups in total. The van der Waals surface area contributed by atoms with Gasteiger partial charge in [-0.25, -0.2) is 4.79 Å². The van der Waals surface area contributed by atoms with Gasteiger partial charge in [0.25, 0.3) is 0 Å². The number of Topliss-reactive ketones (excluding diaryl/α,β-unsaturated/α-hetero) is 1. The van der Waals surface area contributed by atoms with E-state index in [1.54, 1.807) is 6.92 Å². The van der Waals surface area contributed by atoms with E-state index in [1.807, 2.05) is 38.1 Å².